The largest absolute Gasteiger partial charge is 0.314 e. The normalized spacial score (nSPS) is 12.6. The van der Waals surface area contributed by atoms with E-state index >= 15 is 0 Å². The van der Waals surface area contributed by atoms with Crippen molar-refractivity contribution in [1.29, 1.82) is 0 Å². The average Bonchev–Trinajstić information content (AvgIpc) is 3.36. The second kappa shape index (κ2) is 16.3. The van der Waals surface area contributed by atoms with Gasteiger partial charge >= 0.3 is 0 Å². The van der Waals surface area contributed by atoms with E-state index in [-0.39, 0.29) is 0 Å². The summed E-state index contributed by atoms with van der Waals surface area (Å²) in [5.41, 5.74) is 14.5. The smallest absolute Gasteiger partial charge is 0.0468 e. The Morgan fingerprint density at radius 2 is 0.613 bits per heavy atom. The summed E-state index contributed by atoms with van der Waals surface area (Å²) in [6.45, 7) is 0. The highest BCUT2D eigenvalue weighted by atomic mass is 15.2. The van der Waals surface area contributed by atoms with Gasteiger partial charge in [-0.25, -0.2) is 0 Å². The van der Waals surface area contributed by atoms with Crippen LogP contribution in [0.25, 0.3) is 60.1 Å². The Labute approximate surface area is 363 Å². The number of benzene rings is 10. The predicted molar refractivity (Wildman–Crippen MR) is 265 cm³/mol. The summed E-state index contributed by atoms with van der Waals surface area (Å²) >= 11 is 0. The average molecular weight is 793 g/mol. The number of hydrogen-bond donors (Lipinski definition) is 0. The van der Waals surface area contributed by atoms with Crippen LogP contribution in [0.15, 0.2) is 248 Å². The Bertz CT molecular complexity index is 3210. The molecule has 294 valence electrons. The van der Waals surface area contributed by atoms with E-state index in [2.05, 4.69) is 252 Å². The molecule has 0 N–H and O–H groups in total. The van der Waals surface area contributed by atoms with Gasteiger partial charge in [-0.3, -0.25) is 0 Å². The molecule has 0 bridgehead atoms. The van der Waals surface area contributed by atoms with Gasteiger partial charge in [-0.15, -0.1) is 0 Å². The number of hydrogen-bond acceptors (Lipinski definition) is 2. The number of nitrogens with zero attached hydrogens (tertiary/aromatic N) is 2. The Morgan fingerprint density at radius 1 is 0.242 bits per heavy atom. The Morgan fingerprint density at radius 3 is 1.13 bits per heavy atom. The fraction of sp³-hybridized carbons (Fsp3) is 0.0333. The second-order valence-corrected chi connectivity index (χ2v) is 16.1. The maximum atomic E-state index is 2.41. The standard InChI is InChI=1S/C60H44N2/c1-4-14-43(15-5-1)44-24-26-45(27-25-44)46-28-34-51(35-29-46)61(49-16-6-2-7-17-49)52-36-30-47(31-37-52)48-32-38-53(39-33-48)62(50-18-8-3-9-19-50)54-40-41-59-57-22-11-10-20-55(57)56-21-12-13-23-58(56)60(59)42-54/h1-28,30-34,36-42H,29,35H2. The zero-order valence-corrected chi connectivity index (χ0v) is 34.4. The lowest BCUT2D eigenvalue weighted by Crippen LogP contribution is -2.17. The third kappa shape index (κ3) is 7.02. The molecule has 1 aliphatic rings. The van der Waals surface area contributed by atoms with Crippen molar-refractivity contribution in [3.05, 3.63) is 254 Å². The van der Waals surface area contributed by atoms with Crippen molar-refractivity contribution in [2.45, 2.75) is 12.8 Å². The van der Waals surface area contributed by atoms with Gasteiger partial charge in [0.25, 0.3) is 0 Å². The third-order valence-electron chi connectivity index (χ3n) is 12.4. The van der Waals surface area contributed by atoms with Crippen molar-refractivity contribution in [2.75, 3.05) is 9.80 Å². The molecule has 0 amide bonds. The zero-order chi connectivity index (χ0) is 41.2. The number of allylic oxidation sites excluding steroid dienone is 4. The molecule has 0 radical (unpaired) electrons. The van der Waals surface area contributed by atoms with E-state index in [4.69, 9.17) is 0 Å². The summed E-state index contributed by atoms with van der Waals surface area (Å²) in [6, 6.07) is 83.6. The highest BCUT2D eigenvalue weighted by Gasteiger charge is 2.19. The van der Waals surface area contributed by atoms with E-state index in [1.807, 2.05) is 0 Å². The Hall–Kier alpha value is -7.94. The summed E-state index contributed by atoms with van der Waals surface area (Å²) in [4.78, 5) is 4.78. The first-order valence-corrected chi connectivity index (χ1v) is 21.5. The number of para-hydroxylation sites is 2. The lowest BCUT2D eigenvalue weighted by Gasteiger charge is -2.30. The molecule has 62 heavy (non-hydrogen) atoms. The van der Waals surface area contributed by atoms with Crippen molar-refractivity contribution in [3.63, 3.8) is 0 Å². The molecule has 10 aromatic carbocycles. The SMILES string of the molecule is C1=C(c2ccc(-c3ccccc3)cc2)CCC(N(c2ccccc2)c2ccc(-c3ccc(N(c4ccccc4)c4ccc5c6ccccc6c6ccccc6c5c4)cc3)cc2)=C1. The summed E-state index contributed by atoms with van der Waals surface area (Å²) in [7, 11) is 0. The fourth-order valence-corrected chi connectivity index (χ4v) is 9.28. The van der Waals surface area contributed by atoms with Crippen LogP contribution in [0.2, 0.25) is 0 Å². The molecular weight excluding hydrogens is 749 g/mol. The van der Waals surface area contributed by atoms with Gasteiger partial charge in [-0.1, -0.05) is 176 Å². The molecule has 0 fully saturated rings. The van der Waals surface area contributed by atoms with Crippen LogP contribution >= 0.6 is 0 Å². The minimum atomic E-state index is 0.951. The van der Waals surface area contributed by atoms with Crippen LogP contribution in [0, 0.1) is 0 Å². The molecule has 2 heteroatoms. The molecule has 0 atom stereocenters. The predicted octanol–water partition coefficient (Wildman–Crippen LogP) is 16.8. The molecule has 0 aromatic heterocycles. The summed E-state index contributed by atoms with van der Waals surface area (Å²) < 4.78 is 0. The molecule has 0 unspecified atom stereocenters. The van der Waals surface area contributed by atoms with Gasteiger partial charge in [-0.2, -0.15) is 0 Å². The monoisotopic (exact) mass is 792 g/mol. The van der Waals surface area contributed by atoms with Crippen LogP contribution in [-0.2, 0) is 0 Å². The molecule has 0 saturated heterocycles. The Kier molecular flexibility index (Phi) is 9.72. The molecule has 10 aromatic rings. The van der Waals surface area contributed by atoms with Crippen molar-refractivity contribution in [1.82, 2.24) is 0 Å². The summed E-state index contributed by atoms with van der Waals surface area (Å²) in [5.74, 6) is 0. The van der Waals surface area contributed by atoms with Gasteiger partial charge in [0.05, 0.1) is 0 Å². The van der Waals surface area contributed by atoms with E-state index in [1.54, 1.807) is 0 Å². The van der Waals surface area contributed by atoms with Gasteiger partial charge in [0.2, 0.25) is 0 Å². The van der Waals surface area contributed by atoms with Crippen LogP contribution in [0.1, 0.15) is 18.4 Å². The van der Waals surface area contributed by atoms with Crippen LogP contribution in [-0.4, -0.2) is 0 Å². The van der Waals surface area contributed by atoms with Gasteiger partial charge in [0.1, 0.15) is 0 Å². The number of anilines is 5. The van der Waals surface area contributed by atoms with Crippen LogP contribution in [0.5, 0.6) is 0 Å². The zero-order valence-electron chi connectivity index (χ0n) is 34.4. The highest BCUT2D eigenvalue weighted by Crippen LogP contribution is 2.42. The fourth-order valence-electron chi connectivity index (χ4n) is 9.28. The van der Waals surface area contributed by atoms with Gasteiger partial charge in [-0.05, 0) is 145 Å². The summed E-state index contributed by atoms with van der Waals surface area (Å²) in [5, 5.41) is 7.65. The first-order valence-electron chi connectivity index (χ1n) is 21.5. The molecule has 0 heterocycles. The molecule has 1 aliphatic carbocycles. The molecule has 0 saturated carbocycles. The topological polar surface area (TPSA) is 6.48 Å². The van der Waals surface area contributed by atoms with E-state index in [0.717, 1.165) is 41.3 Å². The van der Waals surface area contributed by atoms with Crippen molar-refractivity contribution in [2.24, 2.45) is 0 Å². The highest BCUT2D eigenvalue weighted by molar-refractivity contribution is 6.25. The number of rotatable bonds is 9. The van der Waals surface area contributed by atoms with E-state index in [9.17, 15) is 0 Å². The quantitative estimate of drug-likeness (QED) is 0.134. The maximum absolute atomic E-state index is 2.41. The van der Waals surface area contributed by atoms with Crippen LogP contribution in [0.4, 0.5) is 28.4 Å². The van der Waals surface area contributed by atoms with Crippen LogP contribution in [0.3, 0.4) is 0 Å². The minimum absolute atomic E-state index is 0.951. The molecule has 11 rings (SSSR count). The lowest BCUT2D eigenvalue weighted by atomic mass is 9.93. The molecule has 0 aliphatic heterocycles. The molecule has 2 nitrogen and oxygen atoms in total. The van der Waals surface area contributed by atoms with Gasteiger partial charge < -0.3 is 9.80 Å². The number of fused-ring (bicyclic) bond motifs is 6. The minimum Gasteiger partial charge on any atom is -0.314 e. The third-order valence-corrected chi connectivity index (χ3v) is 12.4. The summed E-state index contributed by atoms with van der Waals surface area (Å²) in [6.07, 6.45) is 6.55. The molecule has 0 spiro atoms. The second-order valence-electron chi connectivity index (χ2n) is 16.1. The van der Waals surface area contributed by atoms with Gasteiger partial charge in [0.15, 0.2) is 0 Å². The Balaban J connectivity index is 0.895. The van der Waals surface area contributed by atoms with Crippen LogP contribution < -0.4 is 9.80 Å². The lowest BCUT2D eigenvalue weighted by molar-refractivity contribution is 0.930. The first kappa shape index (κ1) is 37.1. The molecular formula is C60H44N2. The first-order chi connectivity index (χ1) is 30.7. The van der Waals surface area contributed by atoms with E-state index < -0.39 is 0 Å². The van der Waals surface area contributed by atoms with E-state index in [1.165, 1.54) is 71.4 Å². The van der Waals surface area contributed by atoms with Crippen molar-refractivity contribution < 1.29 is 0 Å². The van der Waals surface area contributed by atoms with Crippen molar-refractivity contribution >= 4 is 66.3 Å². The maximum Gasteiger partial charge on any atom is 0.0468 e. The van der Waals surface area contributed by atoms with Crippen molar-refractivity contribution in [3.8, 4) is 22.3 Å². The van der Waals surface area contributed by atoms with Gasteiger partial charge in [0, 0.05) is 34.1 Å². The van der Waals surface area contributed by atoms with E-state index in [0.29, 0.717) is 0 Å².